The van der Waals surface area contributed by atoms with Gasteiger partial charge in [-0.05, 0) is 12.5 Å². The Labute approximate surface area is 131 Å². The average Bonchev–Trinajstić information content (AvgIpc) is 2.87. The van der Waals surface area contributed by atoms with Crippen molar-refractivity contribution in [3.05, 3.63) is 29.8 Å². The van der Waals surface area contributed by atoms with Crippen LogP contribution in [0.15, 0.2) is 24.3 Å². The highest BCUT2D eigenvalue weighted by molar-refractivity contribution is 5.81. The van der Waals surface area contributed by atoms with Crippen LogP contribution in [0.3, 0.4) is 0 Å². The Kier molecular flexibility index (Phi) is 5.49. The molecule has 2 rings (SSSR count). The van der Waals surface area contributed by atoms with E-state index in [1.807, 2.05) is 0 Å². The van der Waals surface area contributed by atoms with Crippen molar-refractivity contribution in [2.75, 3.05) is 13.2 Å². The van der Waals surface area contributed by atoms with E-state index >= 15 is 0 Å². The van der Waals surface area contributed by atoms with Gasteiger partial charge in [0.2, 0.25) is 5.91 Å². The highest BCUT2D eigenvalue weighted by atomic mass is 19.3. The van der Waals surface area contributed by atoms with E-state index in [-0.39, 0.29) is 25.2 Å². The Morgan fingerprint density at radius 1 is 1.39 bits per heavy atom. The number of carbonyl (C=O) groups is 2. The Bertz CT molecular complexity index is 573. The maximum atomic E-state index is 12.4. The number of amides is 1. The predicted octanol–water partition coefficient (Wildman–Crippen LogP) is 1.58. The lowest BCUT2D eigenvalue weighted by atomic mass is 9.94. The van der Waals surface area contributed by atoms with Gasteiger partial charge < -0.3 is 19.9 Å². The third kappa shape index (κ3) is 4.88. The zero-order valence-electron chi connectivity index (χ0n) is 12.3. The molecule has 0 radical (unpaired) electrons. The maximum absolute atomic E-state index is 12.4. The number of aliphatic carboxylic acids is 1. The van der Waals surface area contributed by atoms with Crippen LogP contribution < -0.4 is 10.1 Å². The van der Waals surface area contributed by atoms with Crippen molar-refractivity contribution in [3.8, 4) is 5.75 Å². The van der Waals surface area contributed by atoms with Crippen LogP contribution in [0.4, 0.5) is 8.78 Å². The molecule has 1 unspecified atom stereocenters. The van der Waals surface area contributed by atoms with Crippen molar-refractivity contribution in [3.63, 3.8) is 0 Å². The second-order valence-corrected chi connectivity index (χ2v) is 5.36. The molecule has 1 atom stereocenters. The Balaban J connectivity index is 2.05. The summed E-state index contributed by atoms with van der Waals surface area (Å²) in [6, 6.07) is 5.98. The van der Waals surface area contributed by atoms with Crippen LogP contribution in [-0.2, 0) is 20.7 Å². The number of halogens is 2. The summed E-state index contributed by atoms with van der Waals surface area (Å²) in [6.07, 6.45) is -0.0571. The molecule has 1 aliphatic heterocycles. The van der Waals surface area contributed by atoms with Gasteiger partial charge in [0.15, 0.2) is 0 Å². The lowest BCUT2D eigenvalue weighted by Crippen LogP contribution is -2.51. The van der Waals surface area contributed by atoms with Gasteiger partial charge in [-0.15, -0.1) is 0 Å². The fourth-order valence-corrected chi connectivity index (χ4v) is 2.55. The number of benzene rings is 1. The summed E-state index contributed by atoms with van der Waals surface area (Å²) in [5.74, 6) is -1.59. The minimum atomic E-state index is -2.99. The summed E-state index contributed by atoms with van der Waals surface area (Å²) < 4.78 is 34.3. The van der Waals surface area contributed by atoms with Crippen molar-refractivity contribution >= 4 is 11.9 Å². The summed E-state index contributed by atoms with van der Waals surface area (Å²) in [5.41, 5.74) is -0.656. The first-order chi connectivity index (χ1) is 10.9. The van der Waals surface area contributed by atoms with Crippen LogP contribution in [0.5, 0.6) is 5.75 Å². The van der Waals surface area contributed by atoms with Gasteiger partial charge >= 0.3 is 12.6 Å². The molecule has 1 heterocycles. The zero-order chi connectivity index (χ0) is 16.9. The minimum absolute atomic E-state index is 0.0763. The highest BCUT2D eigenvalue weighted by Crippen LogP contribution is 2.24. The van der Waals surface area contributed by atoms with Crippen molar-refractivity contribution in [1.82, 2.24) is 5.32 Å². The molecule has 2 N–H and O–H groups in total. The molecule has 0 spiro atoms. The van der Waals surface area contributed by atoms with Gasteiger partial charge in [0.25, 0.3) is 0 Å². The van der Waals surface area contributed by atoms with Crippen LogP contribution in [0.2, 0.25) is 0 Å². The van der Waals surface area contributed by atoms with E-state index in [4.69, 9.17) is 9.84 Å². The normalized spacial score (nSPS) is 20.5. The lowest BCUT2D eigenvalue weighted by molar-refractivity contribution is -0.139. The first-order valence-electron chi connectivity index (χ1n) is 7.03. The highest BCUT2D eigenvalue weighted by Gasteiger charge is 2.38. The molecule has 6 nitrogen and oxygen atoms in total. The molecular formula is C15H17F2NO5. The third-order valence-electron chi connectivity index (χ3n) is 3.54. The van der Waals surface area contributed by atoms with E-state index in [0.717, 1.165) is 0 Å². The monoisotopic (exact) mass is 329 g/mol. The number of carboxylic acid groups (broad SMARTS) is 1. The minimum Gasteiger partial charge on any atom is -0.481 e. The molecule has 1 aliphatic rings. The standard InChI is InChI=1S/C15H17F2NO5/c16-14(17)23-11-4-2-1-3-10(11)7-12(19)18-15(8-13(20)21)5-6-22-9-15/h1-4,14H,5-9H2,(H,18,19)(H,20,21). The Morgan fingerprint density at radius 2 is 2.13 bits per heavy atom. The molecule has 8 heteroatoms. The quantitative estimate of drug-likeness (QED) is 0.793. The number of rotatable bonds is 7. The summed E-state index contributed by atoms with van der Waals surface area (Å²) in [5, 5.41) is 11.6. The van der Waals surface area contributed by atoms with Crippen molar-refractivity contribution in [2.24, 2.45) is 0 Å². The van der Waals surface area contributed by atoms with Crippen molar-refractivity contribution < 1.29 is 33.0 Å². The van der Waals surface area contributed by atoms with E-state index < -0.39 is 24.0 Å². The molecule has 0 aromatic heterocycles. The molecule has 1 fully saturated rings. The molecular weight excluding hydrogens is 312 g/mol. The van der Waals surface area contributed by atoms with Gasteiger partial charge in [-0.25, -0.2) is 0 Å². The second kappa shape index (κ2) is 7.36. The van der Waals surface area contributed by atoms with Crippen LogP contribution in [-0.4, -0.2) is 42.3 Å². The van der Waals surface area contributed by atoms with E-state index in [1.165, 1.54) is 18.2 Å². The number of carboxylic acids is 1. The van der Waals surface area contributed by atoms with Gasteiger partial charge in [-0.1, -0.05) is 18.2 Å². The number of para-hydroxylation sites is 1. The van der Waals surface area contributed by atoms with Crippen LogP contribution >= 0.6 is 0 Å². The number of hydrogen-bond acceptors (Lipinski definition) is 4. The topological polar surface area (TPSA) is 84.9 Å². The van der Waals surface area contributed by atoms with Crippen molar-refractivity contribution in [2.45, 2.75) is 31.4 Å². The van der Waals surface area contributed by atoms with Crippen LogP contribution in [0, 0.1) is 0 Å². The summed E-state index contributed by atoms with van der Waals surface area (Å²) in [7, 11) is 0. The van der Waals surface area contributed by atoms with Crippen LogP contribution in [0.25, 0.3) is 0 Å². The fourth-order valence-electron chi connectivity index (χ4n) is 2.55. The van der Waals surface area contributed by atoms with E-state index in [0.29, 0.717) is 18.6 Å². The number of nitrogens with one attached hydrogen (secondary N) is 1. The maximum Gasteiger partial charge on any atom is 0.387 e. The van der Waals surface area contributed by atoms with Gasteiger partial charge in [-0.3, -0.25) is 9.59 Å². The third-order valence-corrected chi connectivity index (χ3v) is 3.54. The van der Waals surface area contributed by atoms with E-state index in [9.17, 15) is 18.4 Å². The van der Waals surface area contributed by atoms with Gasteiger partial charge in [-0.2, -0.15) is 8.78 Å². The largest absolute Gasteiger partial charge is 0.481 e. The van der Waals surface area contributed by atoms with E-state index in [2.05, 4.69) is 10.1 Å². The average molecular weight is 329 g/mol. The van der Waals surface area contributed by atoms with Crippen molar-refractivity contribution in [1.29, 1.82) is 0 Å². The molecule has 0 aliphatic carbocycles. The molecule has 1 saturated heterocycles. The number of hydrogen-bond donors (Lipinski definition) is 2. The molecule has 126 valence electrons. The summed E-state index contributed by atoms with van der Waals surface area (Å²) in [4.78, 5) is 23.2. The first kappa shape index (κ1) is 17.1. The molecule has 0 bridgehead atoms. The molecule has 1 amide bonds. The number of alkyl halides is 2. The summed E-state index contributed by atoms with van der Waals surface area (Å²) in [6.45, 7) is -2.51. The SMILES string of the molecule is O=C(O)CC1(NC(=O)Cc2ccccc2OC(F)F)CCOC1. The smallest absolute Gasteiger partial charge is 0.387 e. The molecule has 1 aromatic carbocycles. The molecule has 1 aromatic rings. The predicted molar refractivity (Wildman–Crippen MR) is 75.3 cm³/mol. The van der Waals surface area contributed by atoms with Gasteiger partial charge in [0, 0.05) is 12.2 Å². The number of ether oxygens (including phenoxy) is 2. The lowest BCUT2D eigenvalue weighted by Gasteiger charge is -2.27. The van der Waals surface area contributed by atoms with Crippen LogP contribution in [0.1, 0.15) is 18.4 Å². The molecule has 0 saturated carbocycles. The van der Waals surface area contributed by atoms with Gasteiger partial charge in [0.05, 0.1) is 25.0 Å². The number of carbonyl (C=O) groups excluding carboxylic acids is 1. The van der Waals surface area contributed by atoms with E-state index in [1.54, 1.807) is 6.07 Å². The van der Waals surface area contributed by atoms with Gasteiger partial charge in [0.1, 0.15) is 5.75 Å². The summed E-state index contributed by atoms with van der Waals surface area (Å²) >= 11 is 0. The Morgan fingerprint density at radius 3 is 2.74 bits per heavy atom. The zero-order valence-corrected chi connectivity index (χ0v) is 12.3. The molecule has 23 heavy (non-hydrogen) atoms. The first-order valence-corrected chi connectivity index (χ1v) is 7.03. The second-order valence-electron chi connectivity index (χ2n) is 5.36. The Hall–Kier alpha value is -2.22. The fraction of sp³-hybridized carbons (Fsp3) is 0.467.